The minimum Gasteiger partial charge on any atom is -0.542 e. The normalized spacial score (nSPS) is 12.1. The average molecular weight is 305 g/mol. The summed E-state index contributed by atoms with van der Waals surface area (Å²) in [5.41, 5.74) is 0. The van der Waals surface area contributed by atoms with Crippen LogP contribution in [-0.4, -0.2) is 62.5 Å². The highest BCUT2D eigenvalue weighted by Crippen LogP contribution is 2.11. The van der Waals surface area contributed by atoms with Crippen molar-refractivity contribution in [1.82, 2.24) is 0 Å². The molecule has 0 rings (SSSR count). The molecular formula is C9H14F3NO5S. The molecule has 10 heteroatoms. The van der Waals surface area contributed by atoms with E-state index in [2.05, 4.69) is 5.92 Å². The molecule has 0 aliphatic carbocycles. The van der Waals surface area contributed by atoms with E-state index in [-0.39, 0.29) is 5.75 Å². The van der Waals surface area contributed by atoms with Crippen LogP contribution in [0.1, 0.15) is 0 Å². The van der Waals surface area contributed by atoms with Gasteiger partial charge in [0.05, 0.1) is 20.6 Å². The lowest BCUT2D eigenvalue weighted by molar-refractivity contribution is -0.880. The summed E-state index contributed by atoms with van der Waals surface area (Å²) in [6.45, 7) is 0.776. The second-order valence-corrected chi connectivity index (χ2v) is 5.66. The number of hydrogen-bond acceptors (Lipinski definition) is 4. The van der Waals surface area contributed by atoms with Gasteiger partial charge in [0.2, 0.25) is 0 Å². The summed E-state index contributed by atoms with van der Waals surface area (Å²) in [6.07, 6.45) is -0.118. The van der Waals surface area contributed by atoms with Gasteiger partial charge < -0.3 is 14.4 Å². The molecule has 0 aliphatic heterocycles. The van der Waals surface area contributed by atoms with E-state index >= 15 is 0 Å². The van der Waals surface area contributed by atoms with Crippen LogP contribution in [0.4, 0.5) is 13.2 Å². The van der Waals surface area contributed by atoms with Crippen molar-refractivity contribution in [2.24, 2.45) is 0 Å². The quantitative estimate of drug-likeness (QED) is 0.403. The van der Waals surface area contributed by atoms with Gasteiger partial charge in [-0.05, 0) is 5.92 Å². The molecule has 0 bridgehead atoms. The third-order valence-electron chi connectivity index (χ3n) is 1.71. The number of nitrogens with zero attached hydrogens (tertiary/aromatic N) is 1. The summed E-state index contributed by atoms with van der Waals surface area (Å²) < 4.78 is 61.2. The zero-order valence-corrected chi connectivity index (χ0v) is 11.1. The maximum atomic E-state index is 10.5. The number of carboxylic acids is 1. The van der Waals surface area contributed by atoms with Gasteiger partial charge in [-0.15, -0.1) is 6.42 Å². The monoisotopic (exact) mass is 305 g/mol. The van der Waals surface area contributed by atoms with Crippen LogP contribution in [0.3, 0.4) is 0 Å². The molecule has 0 aliphatic rings. The van der Waals surface area contributed by atoms with Crippen LogP contribution in [0.5, 0.6) is 0 Å². The van der Waals surface area contributed by atoms with Gasteiger partial charge in [-0.25, -0.2) is 0 Å². The maximum Gasteiger partial charge on any atom is 0.430 e. The van der Waals surface area contributed by atoms with Crippen molar-refractivity contribution in [3.8, 4) is 12.3 Å². The number of rotatable bonds is 4. The molecule has 19 heavy (non-hydrogen) atoms. The molecule has 0 aromatic heterocycles. The van der Waals surface area contributed by atoms with Gasteiger partial charge in [0.15, 0.2) is 0 Å². The van der Waals surface area contributed by atoms with Crippen LogP contribution in [0.15, 0.2) is 0 Å². The van der Waals surface area contributed by atoms with Crippen LogP contribution in [0.25, 0.3) is 0 Å². The first-order valence-corrected chi connectivity index (χ1v) is 6.31. The minimum atomic E-state index is -5.19. The number of quaternary nitrogens is 1. The molecule has 0 amide bonds. The summed E-state index contributed by atoms with van der Waals surface area (Å²) in [6, 6.07) is 0. The Morgan fingerprint density at radius 1 is 1.42 bits per heavy atom. The molecule has 0 spiro atoms. The number of alkyl halides is 3. The smallest absolute Gasteiger partial charge is 0.430 e. The number of carbonyl (C=O) groups excluding carboxylic acids is 1. The Morgan fingerprint density at radius 3 is 2.00 bits per heavy atom. The van der Waals surface area contributed by atoms with Gasteiger partial charge in [0.25, 0.3) is 10.1 Å². The zero-order chi connectivity index (χ0) is 15.9. The van der Waals surface area contributed by atoms with E-state index in [1.807, 2.05) is 14.1 Å². The predicted octanol–water partition coefficient (Wildman–Crippen LogP) is -1.12. The van der Waals surface area contributed by atoms with Crippen LogP contribution < -0.4 is 5.11 Å². The molecule has 112 valence electrons. The minimum absolute atomic E-state index is 0.248. The number of aliphatic carboxylic acids is 1. The summed E-state index contributed by atoms with van der Waals surface area (Å²) in [5, 5.41) is 8.78. The molecule has 0 atom stereocenters. The van der Waals surface area contributed by atoms with E-state index < -0.39 is 22.3 Å². The van der Waals surface area contributed by atoms with Gasteiger partial charge in [-0.1, -0.05) is 0 Å². The van der Waals surface area contributed by atoms with Crippen molar-refractivity contribution in [3.63, 3.8) is 0 Å². The van der Waals surface area contributed by atoms with E-state index in [1.165, 1.54) is 0 Å². The van der Waals surface area contributed by atoms with Gasteiger partial charge >= 0.3 is 6.18 Å². The molecule has 0 fully saturated rings. The second kappa shape index (κ2) is 7.32. The fourth-order valence-electron chi connectivity index (χ4n) is 0.689. The summed E-state index contributed by atoms with van der Waals surface area (Å²) in [4.78, 5) is 8.78. The Hall–Kier alpha value is -1.31. The highest BCUT2D eigenvalue weighted by Gasteiger charge is 2.28. The largest absolute Gasteiger partial charge is 0.542 e. The lowest BCUT2D eigenvalue weighted by Gasteiger charge is -2.26. The van der Waals surface area contributed by atoms with Crippen molar-refractivity contribution in [3.05, 3.63) is 0 Å². The van der Waals surface area contributed by atoms with E-state index in [1.54, 1.807) is 0 Å². The van der Waals surface area contributed by atoms with Gasteiger partial charge in [-0.2, -0.15) is 21.6 Å². The first-order chi connectivity index (χ1) is 8.21. The van der Waals surface area contributed by atoms with Crippen LogP contribution in [0.2, 0.25) is 0 Å². The third-order valence-corrected chi connectivity index (χ3v) is 2.40. The fourth-order valence-corrected chi connectivity index (χ4v) is 1.41. The SMILES string of the molecule is C#CC[N+](C)(C)CCS(=O)(=O)O.O=C([O-])C(F)(F)F. The first-order valence-electron chi connectivity index (χ1n) is 4.70. The second-order valence-electron chi connectivity index (χ2n) is 4.09. The predicted molar refractivity (Wildman–Crippen MR) is 58.2 cm³/mol. The molecule has 0 aromatic rings. The average Bonchev–Trinajstić information content (AvgIpc) is 2.13. The fraction of sp³-hybridized carbons (Fsp3) is 0.667. The van der Waals surface area contributed by atoms with E-state index in [0.717, 1.165) is 0 Å². The topological polar surface area (TPSA) is 94.5 Å². The van der Waals surface area contributed by atoms with Gasteiger partial charge in [-0.3, -0.25) is 4.55 Å². The number of hydrogen-bond donors (Lipinski definition) is 1. The highest BCUT2D eigenvalue weighted by molar-refractivity contribution is 7.85. The van der Waals surface area contributed by atoms with Crippen LogP contribution >= 0.6 is 0 Å². The molecule has 0 saturated carbocycles. The Balaban J connectivity index is 0. The number of terminal acetylenes is 1. The standard InChI is InChI=1S/C7H13NO3S.C2HF3O2/c1-4-5-8(2,3)6-7-12(9,10)11;3-2(4,5)1(6)7/h1H,5-7H2,2-3H3;(H,6,7). The van der Waals surface area contributed by atoms with Gasteiger partial charge in [0, 0.05) is 0 Å². The Labute approximate surface area is 109 Å². The van der Waals surface area contributed by atoms with E-state index in [0.29, 0.717) is 17.6 Å². The maximum absolute atomic E-state index is 10.5. The van der Waals surface area contributed by atoms with Crippen LogP contribution in [-0.2, 0) is 14.9 Å². The number of halogens is 3. The lowest BCUT2D eigenvalue weighted by Crippen LogP contribution is -2.43. The summed E-state index contributed by atoms with van der Waals surface area (Å²) in [5.74, 6) is -0.815. The van der Waals surface area contributed by atoms with E-state index in [4.69, 9.17) is 20.9 Å². The third kappa shape index (κ3) is 14.6. The molecule has 0 aromatic carbocycles. The van der Waals surface area contributed by atoms with E-state index in [9.17, 15) is 21.6 Å². The zero-order valence-electron chi connectivity index (χ0n) is 10.3. The highest BCUT2D eigenvalue weighted by atomic mass is 32.2. The molecule has 6 nitrogen and oxygen atoms in total. The summed E-state index contributed by atoms with van der Waals surface area (Å²) in [7, 11) is -0.239. The molecule has 1 N–H and O–H groups in total. The molecule has 0 radical (unpaired) electrons. The van der Waals surface area contributed by atoms with Crippen molar-refractivity contribution in [2.75, 3.05) is 32.9 Å². The first kappa shape index (κ1) is 20.0. The molecule has 0 unspecified atom stereocenters. The van der Waals surface area contributed by atoms with Crippen molar-refractivity contribution < 1.29 is 40.5 Å². The van der Waals surface area contributed by atoms with Crippen LogP contribution in [0, 0.1) is 12.3 Å². The number of carboxylic acid groups (broad SMARTS) is 1. The van der Waals surface area contributed by atoms with Crippen molar-refractivity contribution in [2.45, 2.75) is 6.18 Å². The Bertz CT molecular complexity index is 436. The van der Waals surface area contributed by atoms with Crippen molar-refractivity contribution in [1.29, 1.82) is 0 Å². The number of carbonyl (C=O) groups is 1. The van der Waals surface area contributed by atoms with Gasteiger partial charge in [0.1, 0.15) is 18.3 Å². The molecule has 0 saturated heterocycles. The Morgan fingerprint density at radius 2 is 1.79 bits per heavy atom. The van der Waals surface area contributed by atoms with Crippen molar-refractivity contribution >= 4 is 16.1 Å². The Kier molecular flexibility index (Phi) is 7.71. The molecule has 0 heterocycles. The summed E-state index contributed by atoms with van der Waals surface area (Å²) >= 11 is 0. The lowest BCUT2D eigenvalue weighted by atomic mass is 10.4. The molecular weight excluding hydrogens is 291 g/mol.